The second-order valence-corrected chi connectivity index (χ2v) is 8.55. The molecular formula is C18H21NO3S. The number of sulfone groups is 1. The van der Waals surface area contributed by atoms with E-state index in [1.807, 2.05) is 37.3 Å². The van der Waals surface area contributed by atoms with Crippen molar-refractivity contribution >= 4 is 9.84 Å². The molecule has 4 nitrogen and oxygen atoms in total. The zero-order chi connectivity index (χ0) is 16.3. The molecule has 0 radical (unpaired) electrons. The molecule has 0 unspecified atom stereocenters. The third kappa shape index (κ3) is 3.26. The van der Waals surface area contributed by atoms with Crippen LogP contribution in [0, 0.1) is 0 Å². The number of hydrogen-bond acceptors (Lipinski definition) is 4. The van der Waals surface area contributed by atoms with Gasteiger partial charge in [-0.05, 0) is 69.3 Å². The van der Waals surface area contributed by atoms with Gasteiger partial charge in [-0.2, -0.15) is 0 Å². The quantitative estimate of drug-likeness (QED) is 0.933. The minimum atomic E-state index is -3.35. The van der Waals surface area contributed by atoms with Gasteiger partial charge in [0.15, 0.2) is 9.84 Å². The van der Waals surface area contributed by atoms with Crippen LogP contribution in [0.2, 0.25) is 0 Å². The Morgan fingerprint density at radius 3 is 2.09 bits per heavy atom. The average Bonchev–Trinajstić information content (AvgIpc) is 2.57. The lowest BCUT2D eigenvalue weighted by atomic mass is 10.00. The van der Waals surface area contributed by atoms with Gasteiger partial charge in [0.05, 0.1) is 9.64 Å². The summed E-state index contributed by atoms with van der Waals surface area (Å²) in [6.45, 7) is 3.33. The summed E-state index contributed by atoms with van der Waals surface area (Å²) in [5.74, 6) is 1.36. The predicted octanol–water partition coefficient (Wildman–Crippen LogP) is 3.39. The molecule has 5 heteroatoms. The van der Waals surface area contributed by atoms with Gasteiger partial charge in [-0.3, -0.25) is 0 Å². The summed E-state index contributed by atoms with van der Waals surface area (Å²) >= 11 is 0. The Morgan fingerprint density at radius 2 is 1.48 bits per heavy atom. The van der Waals surface area contributed by atoms with Crippen LogP contribution >= 0.6 is 0 Å². The molecule has 0 atom stereocenters. The van der Waals surface area contributed by atoms with Crippen molar-refractivity contribution in [2.75, 3.05) is 13.1 Å². The Labute approximate surface area is 137 Å². The van der Waals surface area contributed by atoms with E-state index in [1.165, 1.54) is 0 Å². The first kappa shape index (κ1) is 16.0. The maximum absolute atomic E-state index is 12.9. The van der Waals surface area contributed by atoms with Gasteiger partial charge in [-0.15, -0.1) is 0 Å². The van der Waals surface area contributed by atoms with Crippen molar-refractivity contribution in [3.05, 3.63) is 54.6 Å². The molecule has 0 amide bonds. The van der Waals surface area contributed by atoms with Gasteiger partial charge in [0.1, 0.15) is 11.5 Å². The molecule has 1 aliphatic heterocycles. The Morgan fingerprint density at radius 1 is 0.913 bits per heavy atom. The van der Waals surface area contributed by atoms with Crippen LogP contribution in [0.3, 0.4) is 0 Å². The van der Waals surface area contributed by atoms with Crippen LogP contribution in [-0.2, 0) is 9.84 Å². The number of ether oxygens (including phenoxy) is 1. The van der Waals surface area contributed by atoms with Crippen LogP contribution in [0.25, 0.3) is 0 Å². The molecule has 2 aromatic rings. The first-order valence-electron chi connectivity index (χ1n) is 7.80. The van der Waals surface area contributed by atoms with Gasteiger partial charge in [0.25, 0.3) is 0 Å². The van der Waals surface area contributed by atoms with Gasteiger partial charge in [0, 0.05) is 0 Å². The van der Waals surface area contributed by atoms with E-state index < -0.39 is 14.6 Å². The fourth-order valence-corrected chi connectivity index (χ4v) is 4.63. The molecule has 0 bridgehead atoms. The van der Waals surface area contributed by atoms with Crippen molar-refractivity contribution in [1.29, 1.82) is 0 Å². The summed E-state index contributed by atoms with van der Waals surface area (Å²) in [6.07, 6.45) is 1.27. The molecule has 0 aromatic heterocycles. The lowest BCUT2D eigenvalue weighted by Crippen LogP contribution is -2.45. The van der Waals surface area contributed by atoms with Gasteiger partial charge in [-0.1, -0.05) is 18.2 Å². The van der Waals surface area contributed by atoms with E-state index in [9.17, 15) is 8.42 Å². The molecule has 0 saturated carbocycles. The SMILES string of the molecule is CC1(S(=O)(=O)c2ccc(Oc3ccccc3)cc2)CCNCC1. The number of benzene rings is 2. The van der Waals surface area contributed by atoms with E-state index in [4.69, 9.17) is 4.74 Å². The van der Waals surface area contributed by atoms with Crippen molar-refractivity contribution in [2.45, 2.75) is 29.4 Å². The minimum Gasteiger partial charge on any atom is -0.457 e. The summed E-state index contributed by atoms with van der Waals surface area (Å²) < 4.78 is 30.8. The molecule has 1 heterocycles. The molecule has 1 fully saturated rings. The van der Waals surface area contributed by atoms with E-state index in [-0.39, 0.29) is 0 Å². The van der Waals surface area contributed by atoms with Gasteiger partial charge >= 0.3 is 0 Å². The van der Waals surface area contributed by atoms with Crippen LogP contribution in [0.15, 0.2) is 59.5 Å². The number of rotatable bonds is 4. The van der Waals surface area contributed by atoms with E-state index in [0.717, 1.165) is 18.8 Å². The Kier molecular flexibility index (Phi) is 4.41. The molecule has 23 heavy (non-hydrogen) atoms. The minimum absolute atomic E-state index is 0.363. The second-order valence-electron chi connectivity index (χ2n) is 6.09. The highest BCUT2D eigenvalue weighted by molar-refractivity contribution is 7.92. The summed E-state index contributed by atoms with van der Waals surface area (Å²) in [5.41, 5.74) is 0. The summed E-state index contributed by atoms with van der Waals surface area (Å²) in [7, 11) is -3.35. The topological polar surface area (TPSA) is 55.4 Å². The summed E-state index contributed by atoms with van der Waals surface area (Å²) in [6, 6.07) is 16.1. The number of hydrogen-bond donors (Lipinski definition) is 1. The van der Waals surface area contributed by atoms with Crippen molar-refractivity contribution in [2.24, 2.45) is 0 Å². The third-order valence-electron chi connectivity index (χ3n) is 4.42. The summed E-state index contributed by atoms with van der Waals surface area (Å²) in [4.78, 5) is 0.363. The van der Waals surface area contributed by atoms with Crippen molar-refractivity contribution in [3.8, 4) is 11.5 Å². The Hall–Kier alpha value is -1.85. The van der Waals surface area contributed by atoms with Crippen LogP contribution < -0.4 is 10.1 Å². The Balaban J connectivity index is 1.81. The molecule has 0 spiro atoms. The Bertz CT molecular complexity index is 749. The predicted molar refractivity (Wildman–Crippen MR) is 90.7 cm³/mol. The molecule has 1 aliphatic rings. The summed E-state index contributed by atoms with van der Waals surface area (Å²) in [5, 5.41) is 3.22. The van der Waals surface area contributed by atoms with Crippen LogP contribution in [0.1, 0.15) is 19.8 Å². The monoisotopic (exact) mass is 331 g/mol. The molecule has 1 saturated heterocycles. The zero-order valence-corrected chi connectivity index (χ0v) is 14.0. The van der Waals surface area contributed by atoms with Crippen molar-refractivity contribution in [3.63, 3.8) is 0 Å². The fraction of sp³-hybridized carbons (Fsp3) is 0.333. The third-order valence-corrected chi connectivity index (χ3v) is 7.02. The first-order chi connectivity index (χ1) is 11.0. The van der Waals surface area contributed by atoms with Crippen LogP contribution in [-0.4, -0.2) is 26.3 Å². The van der Waals surface area contributed by atoms with Crippen LogP contribution in [0.5, 0.6) is 11.5 Å². The largest absolute Gasteiger partial charge is 0.457 e. The highest BCUT2D eigenvalue weighted by Gasteiger charge is 2.40. The van der Waals surface area contributed by atoms with E-state index in [2.05, 4.69) is 5.32 Å². The highest BCUT2D eigenvalue weighted by Crippen LogP contribution is 2.34. The zero-order valence-electron chi connectivity index (χ0n) is 13.2. The van der Waals surface area contributed by atoms with Gasteiger partial charge in [0.2, 0.25) is 0 Å². The molecule has 1 N–H and O–H groups in total. The smallest absolute Gasteiger partial charge is 0.183 e. The lowest BCUT2D eigenvalue weighted by molar-refractivity contribution is 0.409. The standard InChI is InChI=1S/C18H21NO3S/c1-18(11-13-19-14-12-18)23(20,21)17-9-7-16(8-10-17)22-15-5-3-2-4-6-15/h2-10,19H,11-14H2,1H3. The molecule has 2 aromatic carbocycles. The molecular weight excluding hydrogens is 310 g/mol. The van der Waals surface area contributed by atoms with Gasteiger partial charge in [-0.25, -0.2) is 8.42 Å². The van der Waals surface area contributed by atoms with E-state index >= 15 is 0 Å². The number of para-hydroxylation sites is 1. The first-order valence-corrected chi connectivity index (χ1v) is 9.28. The molecule has 122 valence electrons. The normalized spacial score (nSPS) is 17.6. The van der Waals surface area contributed by atoms with Crippen LogP contribution in [0.4, 0.5) is 0 Å². The number of nitrogens with one attached hydrogen (secondary N) is 1. The molecule has 3 rings (SSSR count). The maximum atomic E-state index is 12.9. The van der Waals surface area contributed by atoms with E-state index in [0.29, 0.717) is 23.5 Å². The van der Waals surface area contributed by atoms with Gasteiger partial charge < -0.3 is 10.1 Å². The molecule has 0 aliphatic carbocycles. The lowest BCUT2D eigenvalue weighted by Gasteiger charge is -2.33. The number of piperidine rings is 1. The van der Waals surface area contributed by atoms with E-state index in [1.54, 1.807) is 24.3 Å². The fourth-order valence-electron chi connectivity index (χ4n) is 2.82. The maximum Gasteiger partial charge on any atom is 0.183 e. The average molecular weight is 331 g/mol. The second kappa shape index (κ2) is 6.34. The highest BCUT2D eigenvalue weighted by atomic mass is 32.2. The van der Waals surface area contributed by atoms with Crippen molar-refractivity contribution < 1.29 is 13.2 Å². The van der Waals surface area contributed by atoms with Crippen molar-refractivity contribution in [1.82, 2.24) is 5.32 Å².